The molecule has 0 fully saturated rings. The first-order valence-electron chi connectivity index (χ1n) is 4.86. The molecule has 0 saturated carbocycles. The number of aromatic nitrogens is 3. The van der Waals surface area contributed by atoms with Crippen LogP contribution in [0.15, 0.2) is 24.4 Å². The Balaban J connectivity index is 2.40. The lowest BCUT2D eigenvalue weighted by Gasteiger charge is -2.04. The monoisotopic (exact) mass is 210 g/mol. The third-order valence-electron chi connectivity index (χ3n) is 2.37. The zero-order chi connectivity index (χ0) is 11.5. The van der Waals surface area contributed by atoms with Gasteiger partial charge in [0.25, 0.3) is 0 Å². The minimum atomic E-state index is 0.793. The average Bonchev–Trinajstić information content (AvgIpc) is 2.77. The molecule has 0 spiro atoms. The van der Waals surface area contributed by atoms with E-state index in [1.165, 1.54) is 11.9 Å². The summed E-state index contributed by atoms with van der Waals surface area (Å²) in [5.41, 5.74) is 2.90. The standard InChI is InChI=1S/C10H10B2N3O/c1-7-5-8(16-2)3-4-9(7)10-6-15(12-11)14-13-10/h3-6H,1-2H3. The van der Waals surface area contributed by atoms with Crippen molar-refractivity contribution in [1.29, 1.82) is 0 Å². The van der Waals surface area contributed by atoms with Crippen LogP contribution in [0.2, 0.25) is 0 Å². The molecule has 2 rings (SSSR count). The van der Waals surface area contributed by atoms with Crippen LogP contribution in [-0.4, -0.2) is 37.1 Å². The second-order valence-corrected chi connectivity index (χ2v) is 3.41. The van der Waals surface area contributed by atoms with Gasteiger partial charge >= 0.3 is 0 Å². The van der Waals surface area contributed by atoms with Crippen molar-refractivity contribution in [1.82, 2.24) is 14.9 Å². The van der Waals surface area contributed by atoms with Crippen molar-refractivity contribution in [3.8, 4) is 17.0 Å². The molecule has 4 nitrogen and oxygen atoms in total. The van der Waals surface area contributed by atoms with Crippen LogP contribution in [0.4, 0.5) is 0 Å². The summed E-state index contributed by atoms with van der Waals surface area (Å²) in [6.45, 7) is 2.00. The van der Waals surface area contributed by atoms with Gasteiger partial charge in [-0.1, -0.05) is 5.21 Å². The first-order valence-corrected chi connectivity index (χ1v) is 4.86. The van der Waals surface area contributed by atoms with Crippen LogP contribution in [0.3, 0.4) is 0 Å². The predicted octanol–water partition coefficient (Wildman–Crippen LogP) is 0.813. The van der Waals surface area contributed by atoms with Gasteiger partial charge in [-0.3, -0.25) is 0 Å². The van der Waals surface area contributed by atoms with Gasteiger partial charge in [0, 0.05) is 19.5 Å². The third kappa shape index (κ3) is 1.96. The number of hydrogen-bond acceptors (Lipinski definition) is 3. The molecule has 0 aliphatic rings. The fourth-order valence-corrected chi connectivity index (χ4v) is 1.52. The van der Waals surface area contributed by atoms with Crippen molar-refractivity contribution in [2.75, 3.05) is 7.11 Å². The lowest BCUT2D eigenvalue weighted by atomic mass is 9.67. The van der Waals surface area contributed by atoms with E-state index >= 15 is 0 Å². The Hall–Kier alpha value is -1.71. The van der Waals surface area contributed by atoms with Gasteiger partial charge in [-0.15, -0.1) is 5.10 Å². The van der Waals surface area contributed by atoms with E-state index in [1.54, 1.807) is 13.3 Å². The molecule has 2 aromatic rings. The lowest BCUT2D eigenvalue weighted by Crippen LogP contribution is -2.05. The average molecular weight is 210 g/mol. The lowest BCUT2D eigenvalue weighted by molar-refractivity contribution is 0.414. The van der Waals surface area contributed by atoms with Crippen LogP contribution in [0, 0.1) is 6.92 Å². The minimum Gasteiger partial charge on any atom is -0.497 e. The fourth-order valence-electron chi connectivity index (χ4n) is 1.52. The van der Waals surface area contributed by atoms with Gasteiger partial charge in [0.05, 0.1) is 7.11 Å². The molecule has 0 aliphatic heterocycles. The van der Waals surface area contributed by atoms with Crippen molar-refractivity contribution in [3.63, 3.8) is 0 Å². The Bertz CT molecular complexity index is 499. The second kappa shape index (κ2) is 4.43. The highest BCUT2D eigenvalue weighted by molar-refractivity contribution is 6.88. The molecule has 0 amide bonds. The quantitative estimate of drug-likeness (QED) is 0.703. The van der Waals surface area contributed by atoms with Crippen LogP contribution in [0.1, 0.15) is 5.56 Å². The number of aryl methyl sites for hydroxylation is 1. The second-order valence-electron chi connectivity index (χ2n) is 3.41. The molecule has 1 aromatic heterocycles. The van der Waals surface area contributed by atoms with Crippen LogP contribution < -0.4 is 4.74 Å². The Morgan fingerprint density at radius 2 is 2.25 bits per heavy atom. The molecule has 0 saturated heterocycles. The largest absolute Gasteiger partial charge is 0.497 e. The van der Waals surface area contributed by atoms with Crippen LogP contribution in [-0.2, 0) is 0 Å². The van der Waals surface area contributed by atoms with E-state index in [0.29, 0.717) is 0 Å². The molecular weight excluding hydrogens is 200 g/mol. The first-order chi connectivity index (χ1) is 7.74. The Morgan fingerprint density at radius 1 is 1.44 bits per heavy atom. The summed E-state index contributed by atoms with van der Waals surface area (Å²) >= 11 is 0. The van der Waals surface area contributed by atoms with Gasteiger partial charge < -0.3 is 9.33 Å². The predicted molar refractivity (Wildman–Crippen MR) is 63.7 cm³/mol. The Kier molecular flexibility index (Phi) is 2.99. The van der Waals surface area contributed by atoms with E-state index in [9.17, 15) is 0 Å². The molecule has 1 heterocycles. The van der Waals surface area contributed by atoms with Gasteiger partial charge in [-0.25, -0.2) is 0 Å². The molecule has 16 heavy (non-hydrogen) atoms. The van der Waals surface area contributed by atoms with E-state index in [1.807, 2.05) is 25.1 Å². The molecule has 77 valence electrons. The highest BCUT2D eigenvalue weighted by Crippen LogP contribution is 2.24. The molecule has 6 heteroatoms. The molecule has 1 aromatic carbocycles. The Morgan fingerprint density at radius 3 is 2.81 bits per heavy atom. The summed E-state index contributed by atoms with van der Waals surface area (Å²) in [6, 6.07) is 5.81. The highest BCUT2D eigenvalue weighted by Gasteiger charge is 2.07. The van der Waals surface area contributed by atoms with Crippen molar-refractivity contribution in [2.45, 2.75) is 6.92 Å². The van der Waals surface area contributed by atoms with Crippen molar-refractivity contribution < 1.29 is 4.74 Å². The summed E-state index contributed by atoms with van der Waals surface area (Å²) in [7, 11) is 8.34. The topological polar surface area (TPSA) is 39.9 Å². The first kappa shape index (κ1) is 10.8. The molecule has 0 atom stereocenters. The normalized spacial score (nSPS) is 10.1. The summed E-state index contributed by atoms with van der Waals surface area (Å²) in [5.74, 6) is 0.832. The number of hydrogen-bond donors (Lipinski definition) is 0. The van der Waals surface area contributed by atoms with Crippen LogP contribution in [0.5, 0.6) is 5.75 Å². The zero-order valence-corrected chi connectivity index (χ0v) is 9.21. The molecule has 0 bridgehead atoms. The summed E-state index contributed by atoms with van der Waals surface area (Å²) in [6.07, 6.45) is 1.77. The van der Waals surface area contributed by atoms with E-state index in [0.717, 1.165) is 22.6 Å². The van der Waals surface area contributed by atoms with Gasteiger partial charge in [0.2, 0.25) is 7.31 Å². The summed E-state index contributed by atoms with van der Waals surface area (Å²) in [5, 5.41) is 7.88. The van der Waals surface area contributed by atoms with Crippen molar-refractivity contribution in [3.05, 3.63) is 30.0 Å². The molecule has 0 aliphatic carbocycles. The van der Waals surface area contributed by atoms with E-state index < -0.39 is 0 Å². The number of nitrogens with zero attached hydrogens (tertiary/aromatic N) is 3. The Labute approximate surface area is 96.3 Å². The van der Waals surface area contributed by atoms with Crippen molar-refractivity contribution >= 4 is 15.0 Å². The number of methoxy groups -OCH3 is 1. The van der Waals surface area contributed by atoms with Crippen LogP contribution in [0.25, 0.3) is 11.3 Å². The number of benzene rings is 1. The van der Waals surface area contributed by atoms with Crippen LogP contribution >= 0.6 is 0 Å². The SMILES string of the molecule is [B][B]n1cc(-c2ccc(OC)cc2C)nn1. The maximum atomic E-state index is 5.34. The smallest absolute Gasteiger partial charge is 0.221 e. The summed E-state index contributed by atoms with van der Waals surface area (Å²) in [4.78, 5) is 0. The molecule has 3 radical (unpaired) electrons. The number of ether oxygens (including phenoxy) is 1. The maximum Gasteiger partial charge on any atom is 0.221 e. The van der Waals surface area contributed by atoms with Gasteiger partial charge in [-0.2, -0.15) is 0 Å². The highest BCUT2D eigenvalue weighted by atomic mass is 16.5. The van der Waals surface area contributed by atoms with E-state index in [2.05, 4.69) is 10.3 Å². The molecular formula is C10H10B2N3O. The van der Waals surface area contributed by atoms with Gasteiger partial charge in [0.1, 0.15) is 11.4 Å². The zero-order valence-electron chi connectivity index (χ0n) is 9.21. The summed E-state index contributed by atoms with van der Waals surface area (Å²) < 4.78 is 6.62. The van der Waals surface area contributed by atoms with E-state index in [4.69, 9.17) is 12.5 Å². The fraction of sp³-hybridized carbons (Fsp3) is 0.200. The van der Waals surface area contributed by atoms with Crippen molar-refractivity contribution in [2.24, 2.45) is 0 Å². The molecule has 0 N–H and O–H groups in total. The maximum absolute atomic E-state index is 5.34. The number of rotatable bonds is 3. The van der Waals surface area contributed by atoms with E-state index in [-0.39, 0.29) is 0 Å². The third-order valence-corrected chi connectivity index (χ3v) is 2.37. The van der Waals surface area contributed by atoms with Gasteiger partial charge in [-0.05, 0) is 30.7 Å². The minimum absolute atomic E-state index is 0.793. The van der Waals surface area contributed by atoms with Gasteiger partial charge in [0.15, 0.2) is 0 Å². The molecule has 0 unspecified atom stereocenters.